The van der Waals surface area contributed by atoms with Crippen LogP contribution in [0.5, 0.6) is 0 Å². The molecule has 0 fully saturated rings. The highest BCUT2D eigenvalue weighted by Crippen LogP contribution is 2.20. The molecule has 0 rings (SSSR count). The average molecular weight is 325 g/mol. The molecule has 0 aromatic rings. The molecule has 0 saturated carbocycles. The predicted molar refractivity (Wildman–Crippen MR) is 89.0 cm³/mol. The number of nitrogens with one attached hydrogen (secondary N) is 3. The summed E-state index contributed by atoms with van der Waals surface area (Å²) >= 11 is 1.78. The summed E-state index contributed by atoms with van der Waals surface area (Å²) in [5, 5.41) is 6.38. The van der Waals surface area contributed by atoms with Crippen LogP contribution in [0.1, 0.15) is 27.2 Å². The Morgan fingerprint density at radius 1 is 1.25 bits per heavy atom. The monoisotopic (exact) mass is 324 g/mol. The fourth-order valence-corrected chi connectivity index (χ4v) is 1.94. The topological polar surface area (TPSA) is 82.6 Å². The van der Waals surface area contributed by atoms with Crippen LogP contribution >= 0.6 is 11.8 Å². The van der Waals surface area contributed by atoms with Crippen molar-refractivity contribution in [3.05, 3.63) is 0 Å². The van der Waals surface area contributed by atoms with Crippen molar-refractivity contribution in [2.45, 2.75) is 31.9 Å². The van der Waals surface area contributed by atoms with Crippen molar-refractivity contribution in [1.82, 2.24) is 15.4 Å². The second-order valence-corrected chi connectivity index (χ2v) is 8.45. The maximum atomic E-state index is 10.9. The van der Waals surface area contributed by atoms with E-state index < -0.39 is 10.0 Å². The molecule has 0 aliphatic rings. The van der Waals surface area contributed by atoms with Gasteiger partial charge >= 0.3 is 0 Å². The van der Waals surface area contributed by atoms with Crippen LogP contribution in [0.4, 0.5) is 0 Å². The van der Waals surface area contributed by atoms with E-state index >= 15 is 0 Å². The molecule has 8 heteroatoms. The summed E-state index contributed by atoms with van der Waals surface area (Å²) in [6.45, 7) is 8.96. The van der Waals surface area contributed by atoms with E-state index in [2.05, 4.69) is 40.5 Å². The molecule has 0 aliphatic carbocycles. The molecular weight excluding hydrogens is 296 g/mol. The minimum atomic E-state index is -3.09. The van der Waals surface area contributed by atoms with Gasteiger partial charge in [-0.1, -0.05) is 0 Å². The number of thioether (sulfide) groups is 1. The Hall–Kier alpha value is -0.470. The van der Waals surface area contributed by atoms with E-state index in [1.165, 1.54) is 0 Å². The van der Waals surface area contributed by atoms with Crippen molar-refractivity contribution in [2.75, 3.05) is 38.7 Å². The first kappa shape index (κ1) is 19.5. The van der Waals surface area contributed by atoms with Crippen molar-refractivity contribution in [2.24, 2.45) is 4.99 Å². The Balaban J connectivity index is 4.12. The van der Waals surface area contributed by atoms with Crippen molar-refractivity contribution < 1.29 is 8.42 Å². The molecular formula is C12H28N4O2S2. The zero-order valence-electron chi connectivity index (χ0n) is 13.1. The lowest BCUT2D eigenvalue weighted by Gasteiger charge is -2.20. The maximum absolute atomic E-state index is 10.9. The summed E-state index contributed by atoms with van der Waals surface area (Å²) in [5.74, 6) is 0.772. The number of aliphatic imine (C=N–C) groups is 1. The van der Waals surface area contributed by atoms with Gasteiger partial charge in [0.15, 0.2) is 5.96 Å². The summed E-state index contributed by atoms with van der Waals surface area (Å²) in [5.41, 5.74) is 0. The molecule has 0 bridgehead atoms. The fraction of sp³-hybridized carbons (Fsp3) is 0.917. The molecule has 0 radical (unpaired) electrons. The SMILES string of the molecule is CCNC(=NCC(C)(C)SC)NCCCNS(C)(=O)=O. The van der Waals surface area contributed by atoms with Crippen molar-refractivity contribution in [3.8, 4) is 0 Å². The van der Waals surface area contributed by atoms with Crippen LogP contribution in [-0.4, -0.2) is 57.8 Å². The second kappa shape index (κ2) is 9.46. The van der Waals surface area contributed by atoms with Gasteiger partial charge in [-0.3, -0.25) is 4.99 Å². The van der Waals surface area contributed by atoms with E-state index in [1.807, 2.05) is 6.92 Å². The highest BCUT2D eigenvalue weighted by molar-refractivity contribution is 7.99. The van der Waals surface area contributed by atoms with E-state index in [0.29, 0.717) is 19.5 Å². The Kier molecular flexibility index (Phi) is 9.24. The second-order valence-electron chi connectivity index (χ2n) is 5.11. The highest BCUT2D eigenvalue weighted by Gasteiger charge is 2.15. The Morgan fingerprint density at radius 2 is 1.90 bits per heavy atom. The number of nitrogens with zero attached hydrogens (tertiary/aromatic N) is 1. The van der Waals surface area contributed by atoms with Gasteiger partial charge in [0, 0.05) is 24.4 Å². The van der Waals surface area contributed by atoms with Crippen LogP contribution in [-0.2, 0) is 10.0 Å². The quantitative estimate of drug-likeness (QED) is 0.329. The van der Waals surface area contributed by atoms with Crippen molar-refractivity contribution >= 4 is 27.7 Å². The van der Waals surface area contributed by atoms with Crippen LogP contribution < -0.4 is 15.4 Å². The molecule has 0 spiro atoms. The van der Waals surface area contributed by atoms with Gasteiger partial charge in [0.05, 0.1) is 12.8 Å². The lowest BCUT2D eigenvalue weighted by atomic mass is 10.2. The van der Waals surface area contributed by atoms with Gasteiger partial charge in [0.25, 0.3) is 0 Å². The summed E-state index contributed by atoms with van der Waals surface area (Å²) < 4.78 is 24.4. The summed E-state index contributed by atoms with van der Waals surface area (Å²) in [7, 11) is -3.09. The standard InChI is InChI=1S/C12H28N4O2S2/c1-6-13-11(15-10-12(2,3)19-4)14-8-7-9-16-20(5,17)18/h16H,6-10H2,1-5H3,(H2,13,14,15). The Morgan fingerprint density at radius 3 is 2.40 bits per heavy atom. The number of sulfonamides is 1. The minimum Gasteiger partial charge on any atom is -0.357 e. The Labute approximate surface area is 127 Å². The van der Waals surface area contributed by atoms with E-state index in [1.54, 1.807) is 11.8 Å². The van der Waals surface area contributed by atoms with Crippen molar-refractivity contribution in [3.63, 3.8) is 0 Å². The first-order valence-corrected chi connectivity index (χ1v) is 9.84. The van der Waals surface area contributed by atoms with Gasteiger partial charge in [-0.05, 0) is 33.4 Å². The highest BCUT2D eigenvalue weighted by atomic mass is 32.2. The predicted octanol–water partition coefficient (Wildman–Crippen LogP) is 0.622. The zero-order valence-corrected chi connectivity index (χ0v) is 14.7. The molecule has 0 aromatic heterocycles. The number of hydrogen-bond donors (Lipinski definition) is 3. The fourth-order valence-electron chi connectivity index (χ4n) is 1.23. The summed E-state index contributed by atoms with van der Waals surface area (Å²) in [6, 6.07) is 0. The van der Waals surface area contributed by atoms with Crippen LogP contribution in [0.25, 0.3) is 0 Å². The van der Waals surface area contributed by atoms with Gasteiger partial charge in [-0.25, -0.2) is 13.1 Å². The van der Waals surface area contributed by atoms with Crippen LogP contribution in [0.2, 0.25) is 0 Å². The number of rotatable bonds is 9. The van der Waals surface area contributed by atoms with Gasteiger partial charge in [-0.2, -0.15) is 11.8 Å². The molecule has 0 heterocycles. The lowest BCUT2D eigenvalue weighted by molar-refractivity contribution is 0.584. The molecule has 20 heavy (non-hydrogen) atoms. The molecule has 0 amide bonds. The summed E-state index contributed by atoms with van der Waals surface area (Å²) in [6.07, 6.45) is 3.95. The van der Waals surface area contributed by atoms with Crippen molar-refractivity contribution in [1.29, 1.82) is 0 Å². The summed E-state index contributed by atoms with van der Waals surface area (Å²) in [4.78, 5) is 4.54. The third-order valence-electron chi connectivity index (χ3n) is 2.53. The van der Waals surface area contributed by atoms with E-state index in [4.69, 9.17) is 0 Å². The minimum absolute atomic E-state index is 0.111. The van der Waals surface area contributed by atoms with Gasteiger partial charge in [0.2, 0.25) is 10.0 Å². The third kappa shape index (κ3) is 11.4. The molecule has 6 nitrogen and oxygen atoms in total. The first-order chi connectivity index (χ1) is 9.20. The number of hydrogen-bond acceptors (Lipinski definition) is 4. The number of guanidine groups is 1. The molecule has 0 unspecified atom stereocenters. The van der Waals surface area contributed by atoms with Gasteiger partial charge < -0.3 is 10.6 Å². The van der Waals surface area contributed by atoms with Gasteiger partial charge in [0.1, 0.15) is 0 Å². The van der Waals surface area contributed by atoms with Gasteiger partial charge in [-0.15, -0.1) is 0 Å². The molecule has 0 aliphatic heterocycles. The molecule has 0 saturated heterocycles. The third-order valence-corrected chi connectivity index (χ3v) is 4.49. The molecule has 3 N–H and O–H groups in total. The van der Waals surface area contributed by atoms with Crippen LogP contribution in [0, 0.1) is 0 Å². The van der Waals surface area contributed by atoms with Crippen LogP contribution in [0.3, 0.4) is 0 Å². The normalized spacial score (nSPS) is 13.3. The van der Waals surface area contributed by atoms with E-state index in [-0.39, 0.29) is 4.75 Å². The Bertz CT molecular complexity index is 394. The van der Waals surface area contributed by atoms with Crippen LogP contribution in [0.15, 0.2) is 4.99 Å². The van der Waals surface area contributed by atoms with E-state index in [0.717, 1.165) is 25.3 Å². The first-order valence-electron chi connectivity index (χ1n) is 6.72. The largest absolute Gasteiger partial charge is 0.357 e. The van der Waals surface area contributed by atoms with E-state index in [9.17, 15) is 8.42 Å². The molecule has 0 atom stereocenters. The molecule has 120 valence electrons. The molecule has 0 aromatic carbocycles. The zero-order chi connectivity index (χ0) is 15.6. The smallest absolute Gasteiger partial charge is 0.208 e. The average Bonchev–Trinajstić information content (AvgIpc) is 2.34. The maximum Gasteiger partial charge on any atom is 0.208 e. The lowest BCUT2D eigenvalue weighted by Crippen LogP contribution is -2.39.